The first-order chi connectivity index (χ1) is 7.90. The zero-order valence-electron chi connectivity index (χ0n) is 10.8. The highest BCUT2D eigenvalue weighted by atomic mass is 79.9. The van der Waals surface area contributed by atoms with Crippen LogP contribution in [0.4, 0.5) is 5.69 Å². The van der Waals surface area contributed by atoms with Gasteiger partial charge in [0.2, 0.25) is 0 Å². The molecular formula is C14H19BrN2. The second kappa shape index (κ2) is 4.45. The van der Waals surface area contributed by atoms with Gasteiger partial charge in [0, 0.05) is 18.9 Å². The van der Waals surface area contributed by atoms with Crippen molar-refractivity contribution >= 4 is 27.8 Å². The van der Waals surface area contributed by atoms with Gasteiger partial charge in [-0.1, -0.05) is 34.1 Å². The molecular weight excluding hydrogens is 276 g/mol. The third kappa shape index (κ3) is 2.54. The number of benzene rings is 1. The van der Waals surface area contributed by atoms with E-state index in [-0.39, 0.29) is 5.54 Å². The van der Waals surface area contributed by atoms with E-state index in [2.05, 4.69) is 84.1 Å². The summed E-state index contributed by atoms with van der Waals surface area (Å²) in [4.78, 5) is 7.20. The van der Waals surface area contributed by atoms with Crippen molar-refractivity contribution in [3.63, 3.8) is 0 Å². The molecule has 0 aliphatic carbocycles. The SMILES string of the molecule is CN1c2ccccc2C(C=NC(C)(C)C)C1Br. The van der Waals surface area contributed by atoms with Crippen LogP contribution in [0.15, 0.2) is 29.3 Å². The van der Waals surface area contributed by atoms with Crippen molar-refractivity contribution < 1.29 is 0 Å². The van der Waals surface area contributed by atoms with Gasteiger partial charge in [-0.15, -0.1) is 0 Å². The number of fused-ring (bicyclic) bond motifs is 1. The number of likely N-dealkylation sites (N-methyl/N-ethyl adjacent to an activating group) is 1. The molecule has 0 amide bonds. The first-order valence-electron chi connectivity index (χ1n) is 5.91. The molecule has 2 unspecified atom stereocenters. The highest BCUT2D eigenvalue weighted by Gasteiger charge is 2.33. The Kier molecular flexibility index (Phi) is 3.30. The molecule has 0 N–H and O–H groups in total. The summed E-state index contributed by atoms with van der Waals surface area (Å²) < 4.78 is 0. The standard InChI is InChI=1S/C14H19BrN2/c1-14(2,3)16-9-11-10-7-5-6-8-12(10)17(4)13(11)15/h5-9,11,13H,1-4H3. The Hall–Kier alpha value is -0.830. The number of hydrogen-bond acceptors (Lipinski definition) is 2. The number of nitrogens with zero attached hydrogens (tertiary/aromatic N) is 2. The molecule has 0 bridgehead atoms. The van der Waals surface area contributed by atoms with Gasteiger partial charge in [-0.05, 0) is 32.4 Å². The molecule has 0 fully saturated rings. The zero-order chi connectivity index (χ0) is 12.6. The number of anilines is 1. The Morgan fingerprint density at radius 3 is 2.59 bits per heavy atom. The highest BCUT2D eigenvalue weighted by Crippen LogP contribution is 2.41. The average molecular weight is 295 g/mol. The second-order valence-electron chi connectivity index (χ2n) is 5.52. The summed E-state index contributed by atoms with van der Waals surface area (Å²) in [6.07, 6.45) is 2.09. The Labute approximate surface area is 112 Å². The third-order valence-electron chi connectivity index (χ3n) is 2.96. The van der Waals surface area contributed by atoms with Crippen LogP contribution < -0.4 is 4.90 Å². The van der Waals surface area contributed by atoms with Gasteiger partial charge in [-0.3, -0.25) is 4.99 Å². The van der Waals surface area contributed by atoms with Crippen molar-refractivity contribution in [3.8, 4) is 0 Å². The Bertz CT molecular complexity index is 434. The van der Waals surface area contributed by atoms with Crippen molar-refractivity contribution in [1.29, 1.82) is 0 Å². The van der Waals surface area contributed by atoms with Gasteiger partial charge >= 0.3 is 0 Å². The summed E-state index contributed by atoms with van der Waals surface area (Å²) in [5.74, 6) is 0.329. The third-order valence-corrected chi connectivity index (χ3v) is 4.15. The molecule has 2 rings (SSSR count). The molecule has 0 spiro atoms. The quantitative estimate of drug-likeness (QED) is 0.437. The van der Waals surface area contributed by atoms with Crippen LogP contribution >= 0.6 is 15.9 Å². The molecule has 2 atom stereocenters. The van der Waals surface area contributed by atoms with E-state index >= 15 is 0 Å². The minimum atomic E-state index is -0.0111. The van der Waals surface area contributed by atoms with Crippen LogP contribution in [0, 0.1) is 0 Å². The maximum atomic E-state index is 4.64. The van der Waals surface area contributed by atoms with Gasteiger partial charge < -0.3 is 4.90 Å². The van der Waals surface area contributed by atoms with Crippen molar-refractivity contribution in [2.75, 3.05) is 11.9 Å². The number of alkyl halides is 1. The van der Waals surface area contributed by atoms with Crippen LogP contribution in [0.25, 0.3) is 0 Å². The maximum Gasteiger partial charge on any atom is 0.0961 e. The van der Waals surface area contributed by atoms with Crippen LogP contribution in [0.1, 0.15) is 32.3 Å². The van der Waals surface area contributed by atoms with Gasteiger partial charge in [0.1, 0.15) is 0 Å². The van der Waals surface area contributed by atoms with Crippen molar-refractivity contribution in [2.45, 2.75) is 37.2 Å². The molecule has 1 aromatic carbocycles. The predicted octanol–water partition coefficient (Wildman–Crippen LogP) is 3.81. The lowest BCUT2D eigenvalue weighted by atomic mass is 10.0. The van der Waals surface area contributed by atoms with Crippen LogP contribution in [0.3, 0.4) is 0 Å². The summed E-state index contributed by atoms with van der Waals surface area (Å²) in [6, 6.07) is 8.52. The van der Waals surface area contributed by atoms with Gasteiger partial charge in [-0.2, -0.15) is 0 Å². The minimum absolute atomic E-state index is 0.0111. The summed E-state index contributed by atoms with van der Waals surface area (Å²) in [6.45, 7) is 6.37. The van der Waals surface area contributed by atoms with E-state index < -0.39 is 0 Å². The largest absolute Gasteiger partial charge is 0.361 e. The van der Waals surface area contributed by atoms with Crippen LogP contribution in [0.5, 0.6) is 0 Å². The van der Waals surface area contributed by atoms with Gasteiger partial charge in [-0.25, -0.2) is 0 Å². The summed E-state index contributed by atoms with van der Waals surface area (Å²) in [5.41, 5.74) is 2.63. The minimum Gasteiger partial charge on any atom is -0.361 e. The summed E-state index contributed by atoms with van der Waals surface area (Å²) in [5, 5.41) is 0. The molecule has 1 heterocycles. The van der Waals surface area contributed by atoms with Gasteiger partial charge in [0.15, 0.2) is 0 Å². The van der Waals surface area contributed by atoms with Crippen molar-refractivity contribution in [2.24, 2.45) is 4.99 Å². The number of rotatable bonds is 1. The number of aliphatic imine (C=N–C) groups is 1. The summed E-state index contributed by atoms with van der Waals surface area (Å²) in [7, 11) is 2.11. The topological polar surface area (TPSA) is 15.6 Å². The van der Waals surface area contributed by atoms with Gasteiger partial charge in [0.05, 0.1) is 16.4 Å². The lowest BCUT2D eigenvalue weighted by Crippen LogP contribution is -2.25. The first kappa shape index (κ1) is 12.6. The molecule has 1 aliphatic rings. The van der Waals surface area contributed by atoms with E-state index in [0.29, 0.717) is 10.9 Å². The summed E-state index contributed by atoms with van der Waals surface area (Å²) >= 11 is 3.75. The van der Waals surface area contributed by atoms with E-state index in [4.69, 9.17) is 0 Å². The monoisotopic (exact) mass is 294 g/mol. The molecule has 0 aromatic heterocycles. The van der Waals surface area contributed by atoms with Crippen LogP contribution in [-0.4, -0.2) is 23.8 Å². The van der Waals surface area contributed by atoms with Crippen molar-refractivity contribution in [1.82, 2.24) is 0 Å². The van der Waals surface area contributed by atoms with Gasteiger partial charge in [0.25, 0.3) is 0 Å². The fourth-order valence-electron chi connectivity index (χ4n) is 2.07. The van der Waals surface area contributed by atoms with Crippen LogP contribution in [-0.2, 0) is 0 Å². The lowest BCUT2D eigenvalue weighted by Gasteiger charge is -2.20. The first-order valence-corrected chi connectivity index (χ1v) is 6.83. The van der Waals surface area contributed by atoms with E-state index in [1.54, 1.807) is 0 Å². The van der Waals surface area contributed by atoms with E-state index in [9.17, 15) is 0 Å². The molecule has 2 nitrogen and oxygen atoms in total. The molecule has 0 radical (unpaired) electrons. The fraction of sp³-hybridized carbons (Fsp3) is 0.500. The average Bonchev–Trinajstić information content (AvgIpc) is 2.49. The van der Waals surface area contributed by atoms with E-state index in [0.717, 1.165) is 0 Å². The fourth-order valence-corrected chi connectivity index (χ4v) is 2.71. The molecule has 1 aromatic rings. The molecule has 0 saturated carbocycles. The maximum absolute atomic E-state index is 4.64. The van der Waals surface area contributed by atoms with E-state index in [1.165, 1.54) is 11.3 Å². The second-order valence-corrected chi connectivity index (χ2v) is 6.46. The molecule has 1 aliphatic heterocycles. The van der Waals surface area contributed by atoms with E-state index in [1.807, 2.05) is 0 Å². The smallest absolute Gasteiger partial charge is 0.0961 e. The normalized spacial score (nSPS) is 24.4. The van der Waals surface area contributed by atoms with Crippen molar-refractivity contribution in [3.05, 3.63) is 29.8 Å². The predicted molar refractivity (Wildman–Crippen MR) is 78.5 cm³/mol. The molecule has 17 heavy (non-hydrogen) atoms. The molecule has 92 valence electrons. The highest BCUT2D eigenvalue weighted by molar-refractivity contribution is 9.09. The number of halogens is 1. The number of para-hydroxylation sites is 1. The zero-order valence-corrected chi connectivity index (χ0v) is 12.4. The number of hydrogen-bond donors (Lipinski definition) is 0. The Balaban J connectivity index is 2.33. The Morgan fingerprint density at radius 1 is 1.29 bits per heavy atom. The molecule has 0 saturated heterocycles. The Morgan fingerprint density at radius 2 is 1.94 bits per heavy atom. The molecule has 3 heteroatoms. The lowest BCUT2D eigenvalue weighted by molar-refractivity contribution is 0.583. The van der Waals surface area contributed by atoms with Crippen LogP contribution in [0.2, 0.25) is 0 Å².